The Morgan fingerprint density at radius 1 is 1.71 bits per heavy atom. The lowest BCUT2D eigenvalue weighted by Gasteiger charge is -1.74. The van der Waals surface area contributed by atoms with Crippen LogP contribution in [0.3, 0.4) is 0 Å². The minimum absolute atomic E-state index is 1.12. The summed E-state index contributed by atoms with van der Waals surface area (Å²) in [6.07, 6.45) is 1.12. The summed E-state index contributed by atoms with van der Waals surface area (Å²) in [6.45, 7) is 3.12. The largest absolute Gasteiger partial charge is 0.285 e. The quantitative estimate of drug-likeness (QED) is 0.376. The molecule has 0 aliphatic rings. The van der Waals surface area contributed by atoms with Crippen molar-refractivity contribution in [2.24, 2.45) is 0 Å². The summed E-state index contributed by atoms with van der Waals surface area (Å²) in [6, 6.07) is 0. The maximum absolute atomic E-state index is 9.59. The fourth-order valence-electron chi connectivity index (χ4n) is 0.0983. The van der Waals surface area contributed by atoms with Gasteiger partial charge < -0.3 is 0 Å². The summed E-state index contributed by atoms with van der Waals surface area (Å²) < 4.78 is 21.1. The minimum Gasteiger partial charge on any atom is -0.285 e. The Hall–Kier alpha value is -0.730. The Morgan fingerprint density at radius 2 is 2.29 bits per heavy atom. The summed E-state index contributed by atoms with van der Waals surface area (Å²) in [5.74, 6) is 0. The first kappa shape index (κ1) is 6.27. The van der Waals surface area contributed by atoms with Crippen molar-refractivity contribution >= 4 is 10.9 Å². The van der Waals surface area contributed by atoms with Crippen molar-refractivity contribution in [3.8, 4) is 0 Å². The lowest BCUT2D eigenvalue weighted by atomic mass is 10.9. The van der Waals surface area contributed by atoms with Gasteiger partial charge in [0.05, 0.1) is 6.20 Å². The predicted octanol–water partition coefficient (Wildman–Crippen LogP) is -0.599. The summed E-state index contributed by atoms with van der Waals surface area (Å²) in [5, 5.41) is 0. The number of thiol groups is 1. The first-order chi connectivity index (χ1) is 3.27. The van der Waals surface area contributed by atoms with Crippen molar-refractivity contribution < 1.29 is 8.42 Å². The van der Waals surface area contributed by atoms with E-state index in [2.05, 4.69) is 12.3 Å². The molecule has 0 aliphatic carbocycles. The fourth-order valence-corrected chi connectivity index (χ4v) is 0.295. The zero-order valence-corrected chi connectivity index (χ0v) is 4.44. The van der Waals surface area contributed by atoms with Gasteiger partial charge in [0.15, 0.2) is 0 Å². The Morgan fingerprint density at radius 3 is 2.43 bits per heavy atom. The van der Waals surface area contributed by atoms with E-state index in [4.69, 9.17) is 0 Å². The topological polar surface area (TPSA) is 46.2 Å². The van der Waals surface area contributed by atoms with Gasteiger partial charge in [-0.15, -0.1) is 5.73 Å². The van der Waals surface area contributed by atoms with Crippen LogP contribution in [0.25, 0.3) is 0 Å². The second-order valence-corrected chi connectivity index (χ2v) is 1.51. The van der Waals surface area contributed by atoms with Gasteiger partial charge >= 0.3 is 0 Å². The van der Waals surface area contributed by atoms with Crippen molar-refractivity contribution in [2.45, 2.75) is 0 Å². The molecule has 0 atom stereocenters. The number of hydrogen-bond donors (Lipinski definition) is 2. The molecule has 1 N–H and O–H groups in total. The van der Waals surface area contributed by atoms with Crippen molar-refractivity contribution in [2.75, 3.05) is 0 Å². The molecule has 0 aromatic rings. The third-order valence-corrected chi connectivity index (χ3v) is 0.612. The smallest absolute Gasteiger partial charge is 0.222 e. The summed E-state index contributed by atoms with van der Waals surface area (Å²) in [5.41, 5.74) is 2.23. The molecule has 7 heavy (non-hydrogen) atoms. The van der Waals surface area contributed by atoms with Gasteiger partial charge in [-0.05, 0) is 0 Å². The van der Waals surface area contributed by atoms with E-state index in [9.17, 15) is 8.42 Å². The second-order valence-electron chi connectivity index (χ2n) is 0.735. The van der Waals surface area contributed by atoms with Crippen LogP contribution in [0.4, 0.5) is 0 Å². The molecule has 0 aromatic carbocycles. The van der Waals surface area contributed by atoms with E-state index in [0.29, 0.717) is 0 Å². The molecule has 0 heterocycles. The standard InChI is InChI=1S/C3H5NO2S/c1-2-3-4-7(5)6/h3,7H,1H2,(H,4,5,6). The molecule has 0 saturated heterocycles. The molecule has 4 heteroatoms. The highest BCUT2D eigenvalue weighted by molar-refractivity contribution is 7.70. The molecule has 40 valence electrons. The summed E-state index contributed by atoms with van der Waals surface area (Å²) in [4.78, 5) is 0. The number of nitrogens with one attached hydrogen (secondary N) is 1. The van der Waals surface area contributed by atoms with Crippen LogP contribution in [0.5, 0.6) is 0 Å². The zero-order valence-electron chi connectivity index (χ0n) is 3.55. The van der Waals surface area contributed by atoms with Gasteiger partial charge in [-0.2, -0.15) is 0 Å². The summed E-state index contributed by atoms with van der Waals surface area (Å²) >= 11 is 0. The number of rotatable bonds is 2. The van der Waals surface area contributed by atoms with E-state index in [0.717, 1.165) is 6.20 Å². The van der Waals surface area contributed by atoms with Gasteiger partial charge in [0, 0.05) is 0 Å². The van der Waals surface area contributed by atoms with Crippen LogP contribution in [-0.4, -0.2) is 8.42 Å². The van der Waals surface area contributed by atoms with E-state index >= 15 is 0 Å². The van der Waals surface area contributed by atoms with Crippen molar-refractivity contribution in [1.29, 1.82) is 0 Å². The second kappa shape index (κ2) is 3.46. The molecular weight excluding hydrogens is 114 g/mol. The molecule has 0 fully saturated rings. The van der Waals surface area contributed by atoms with Crippen molar-refractivity contribution in [3.63, 3.8) is 0 Å². The first-order valence-electron chi connectivity index (χ1n) is 1.52. The van der Waals surface area contributed by atoms with Gasteiger partial charge in [-0.25, -0.2) is 8.42 Å². The monoisotopic (exact) mass is 119 g/mol. The third-order valence-electron chi connectivity index (χ3n) is 0.272. The fraction of sp³-hybridized carbons (Fsp3) is 0. The molecule has 0 bridgehead atoms. The number of hydrogen-bond acceptors (Lipinski definition) is 2. The molecule has 0 radical (unpaired) electrons. The lowest BCUT2D eigenvalue weighted by Crippen LogP contribution is -1.98. The molecule has 0 aromatic heterocycles. The Bertz CT molecular complexity index is 146. The highest BCUT2D eigenvalue weighted by atomic mass is 32.2. The van der Waals surface area contributed by atoms with E-state index in [1.165, 1.54) is 0 Å². The average molecular weight is 119 g/mol. The molecule has 0 saturated carbocycles. The first-order valence-corrected chi connectivity index (χ1v) is 2.70. The molecule has 0 unspecified atom stereocenters. The van der Waals surface area contributed by atoms with Gasteiger partial charge in [0.2, 0.25) is 10.9 Å². The predicted molar refractivity (Wildman–Crippen MR) is 27.2 cm³/mol. The maximum atomic E-state index is 9.59. The SMILES string of the molecule is C=C=CN[SH](=O)=O. The Kier molecular flexibility index (Phi) is 3.10. The van der Waals surface area contributed by atoms with E-state index in [-0.39, 0.29) is 0 Å². The van der Waals surface area contributed by atoms with Gasteiger partial charge in [-0.1, -0.05) is 6.58 Å². The molecule has 3 nitrogen and oxygen atoms in total. The molecule has 0 spiro atoms. The minimum atomic E-state index is -2.51. The van der Waals surface area contributed by atoms with E-state index in [1.54, 1.807) is 0 Å². The van der Waals surface area contributed by atoms with Crippen LogP contribution >= 0.6 is 0 Å². The molecule has 0 aliphatic heterocycles. The van der Waals surface area contributed by atoms with Gasteiger partial charge in [0.1, 0.15) is 0 Å². The van der Waals surface area contributed by atoms with Crippen molar-refractivity contribution in [3.05, 3.63) is 18.5 Å². The Balaban J connectivity index is 3.54. The molecule has 0 amide bonds. The summed E-state index contributed by atoms with van der Waals surface area (Å²) in [7, 11) is -2.51. The van der Waals surface area contributed by atoms with E-state index in [1.807, 2.05) is 4.72 Å². The highest BCUT2D eigenvalue weighted by Gasteiger charge is 1.65. The van der Waals surface area contributed by atoms with Gasteiger partial charge in [-0.3, -0.25) is 4.72 Å². The third kappa shape index (κ3) is 5.27. The van der Waals surface area contributed by atoms with Crippen LogP contribution < -0.4 is 4.72 Å². The average Bonchev–Trinajstić information content (AvgIpc) is 1.61. The lowest BCUT2D eigenvalue weighted by molar-refractivity contribution is 0.610. The Labute approximate surface area is 43.4 Å². The highest BCUT2D eigenvalue weighted by Crippen LogP contribution is 1.51. The van der Waals surface area contributed by atoms with Crippen LogP contribution in [0.1, 0.15) is 0 Å². The maximum Gasteiger partial charge on any atom is 0.222 e. The normalized spacial score (nSPS) is 7.57. The molecular formula is C3H5NO2S. The van der Waals surface area contributed by atoms with Crippen LogP contribution in [0.2, 0.25) is 0 Å². The van der Waals surface area contributed by atoms with Crippen LogP contribution in [-0.2, 0) is 10.9 Å². The van der Waals surface area contributed by atoms with E-state index < -0.39 is 10.9 Å². The van der Waals surface area contributed by atoms with Crippen molar-refractivity contribution in [1.82, 2.24) is 4.72 Å². The van der Waals surface area contributed by atoms with Crippen LogP contribution in [0.15, 0.2) is 18.5 Å². The van der Waals surface area contributed by atoms with Crippen LogP contribution in [0, 0.1) is 0 Å². The van der Waals surface area contributed by atoms with Gasteiger partial charge in [0.25, 0.3) is 0 Å². The molecule has 0 rings (SSSR count). The zero-order chi connectivity index (χ0) is 5.70.